The third-order valence-corrected chi connectivity index (χ3v) is 3.75. The molecule has 1 aliphatic rings. The Balaban J connectivity index is 2.02. The van der Waals surface area contributed by atoms with E-state index in [0.717, 1.165) is 12.1 Å². The predicted octanol–water partition coefficient (Wildman–Crippen LogP) is 4.22. The fraction of sp³-hybridized carbons (Fsp3) is 0.0556. The van der Waals surface area contributed by atoms with Crippen LogP contribution in [0.15, 0.2) is 66.9 Å². The van der Waals surface area contributed by atoms with Crippen molar-refractivity contribution in [2.45, 2.75) is 6.42 Å². The van der Waals surface area contributed by atoms with Gasteiger partial charge in [-0.05, 0) is 40.5 Å². The van der Waals surface area contributed by atoms with Crippen LogP contribution in [-0.2, 0) is 6.42 Å². The monoisotopic (exact) mass is 243 g/mol. The van der Waals surface area contributed by atoms with E-state index in [9.17, 15) is 0 Å². The quantitative estimate of drug-likeness (QED) is 0.623. The van der Waals surface area contributed by atoms with E-state index < -0.39 is 0 Å². The van der Waals surface area contributed by atoms with Crippen molar-refractivity contribution in [3.63, 3.8) is 0 Å². The lowest BCUT2D eigenvalue weighted by Crippen LogP contribution is -2.00. The summed E-state index contributed by atoms with van der Waals surface area (Å²) in [6, 6.07) is 19.1. The molecule has 4 rings (SSSR count). The highest BCUT2D eigenvalue weighted by molar-refractivity contribution is 6.01. The fourth-order valence-corrected chi connectivity index (χ4v) is 2.90. The number of rotatable bonds is 1. The van der Waals surface area contributed by atoms with Gasteiger partial charge in [0.25, 0.3) is 0 Å². The molecule has 1 heteroatoms. The molecule has 0 N–H and O–H groups in total. The molecule has 0 saturated heterocycles. The topological polar surface area (TPSA) is 12.9 Å². The Kier molecular flexibility index (Phi) is 2.25. The predicted molar refractivity (Wildman–Crippen MR) is 79.0 cm³/mol. The van der Waals surface area contributed by atoms with E-state index in [0.29, 0.717) is 0 Å². The van der Waals surface area contributed by atoms with Gasteiger partial charge in [0, 0.05) is 11.8 Å². The first kappa shape index (κ1) is 10.5. The number of hydrogen-bond donors (Lipinski definition) is 0. The highest BCUT2D eigenvalue weighted by Crippen LogP contribution is 2.35. The normalized spacial score (nSPS) is 13.4. The number of aromatic nitrogens is 1. The molecule has 0 spiro atoms. The molecule has 3 aromatic rings. The molecule has 0 bridgehead atoms. The zero-order valence-corrected chi connectivity index (χ0v) is 10.5. The van der Waals surface area contributed by atoms with Crippen LogP contribution in [0.5, 0.6) is 0 Å². The Morgan fingerprint density at radius 2 is 1.74 bits per heavy atom. The van der Waals surface area contributed by atoms with Crippen molar-refractivity contribution >= 4 is 16.3 Å². The first-order chi connectivity index (χ1) is 9.43. The van der Waals surface area contributed by atoms with Crippen molar-refractivity contribution in [1.29, 1.82) is 0 Å². The van der Waals surface area contributed by atoms with E-state index in [2.05, 4.69) is 53.5 Å². The Hall–Kier alpha value is -2.41. The number of hydrogen-bond acceptors (Lipinski definition) is 1. The van der Waals surface area contributed by atoms with Gasteiger partial charge in [-0.1, -0.05) is 48.5 Å². The molecule has 1 aromatic heterocycles. The van der Waals surface area contributed by atoms with Gasteiger partial charge in [-0.3, -0.25) is 4.98 Å². The van der Waals surface area contributed by atoms with Gasteiger partial charge in [0.2, 0.25) is 0 Å². The smallest absolute Gasteiger partial charge is 0.0705 e. The van der Waals surface area contributed by atoms with Crippen molar-refractivity contribution in [1.82, 2.24) is 4.98 Å². The zero-order chi connectivity index (χ0) is 12.7. The summed E-state index contributed by atoms with van der Waals surface area (Å²) in [6.07, 6.45) is 5.14. The first-order valence-electron chi connectivity index (χ1n) is 6.56. The summed E-state index contributed by atoms with van der Waals surface area (Å²) in [5, 5.41) is 2.70. The van der Waals surface area contributed by atoms with Crippen molar-refractivity contribution in [2.24, 2.45) is 0 Å². The summed E-state index contributed by atoms with van der Waals surface area (Å²) < 4.78 is 0. The van der Waals surface area contributed by atoms with Crippen LogP contribution in [0.4, 0.5) is 0 Å². The summed E-state index contributed by atoms with van der Waals surface area (Å²) in [5.74, 6) is 0. The minimum absolute atomic E-state index is 0.986. The molecule has 1 heterocycles. The maximum Gasteiger partial charge on any atom is 0.0705 e. The maximum atomic E-state index is 4.49. The minimum Gasteiger partial charge on any atom is -0.256 e. The van der Waals surface area contributed by atoms with Gasteiger partial charge in [-0.15, -0.1) is 0 Å². The Morgan fingerprint density at radius 3 is 2.58 bits per heavy atom. The van der Waals surface area contributed by atoms with Gasteiger partial charge >= 0.3 is 0 Å². The Labute approximate surface area is 112 Å². The van der Waals surface area contributed by atoms with E-state index in [4.69, 9.17) is 0 Å². The number of allylic oxidation sites excluding steroid dienone is 1. The lowest BCUT2D eigenvalue weighted by atomic mass is 9.87. The average molecular weight is 243 g/mol. The summed E-state index contributed by atoms with van der Waals surface area (Å²) >= 11 is 0. The molecular formula is C18H13N. The molecule has 0 atom stereocenters. The van der Waals surface area contributed by atoms with E-state index in [1.807, 2.05) is 18.3 Å². The van der Waals surface area contributed by atoms with Crippen LogP contribution >= 0.6 is 0 Å². The van der Waals surface area contributed by atoms with Crippen LogP contribution in [-0.4, -0.2) is 4.98 Å². The van der Waals surface area contributed by atoms with Crippen LogP contribution in [0.2, 0.25) is 0 Å². The Morgan fingerprint density at radius 1 is 0.842 bits per heavy atom. The van der Waals surface area contributed by atoms with Crippen LogP contribution in [0, 0.1) is 0 Å². The highest BCUT2D eigenvalue weighted by Gasteiger charge is 2.15. The number of pyridine rings is 1. The van der Waals surface area contributed by atoms with Crippen molar-refractivity contribution in [3.05, 3.63) is 83.7 Å². The summed E-state index contributed by atoms with van der Waals surface area (Å²) in [7, 11) is 0. The van der Waals surface area contributed by atoms with Crippen molar-refractivity contribution in [2.75, 3.05) is 0 Å². The molecule has 0 amide bonds. The fourth-order valence-electron chi connectivity index (χ4n) is 2.90. The van der Waals surface area contributed by atoms with E-state index in [1.54, 1.807) is 0 Å². The van der Waals surface area contributed by atoms with E-state index in [-0.39, 0.29) is 0 Å². The molecule has 1 aliphatic carbocycles. The lowest BCUT2D eigenvalue weighted by molar-refractivity contribution is 1.23. The SMILES string of the molecule is C1=C(c2ccccn2)c2cccc3cccc(c23)C1. The highest BCUT2D eigenvalue weighted by atomic mass is 14.7. The van der Waals surface area contributed by atoms with E-state index >= 15 is 0 Å². The molecule has 0 unspecified atom stereocenters. The third kappa shape index (κ3) is 1.59. The number of nitrogens with zero attached hydrogens (tertiary/aromatic N) is 1. The van der Waals surface area contributed by atoms with Gasteiger partial charge in [-0.25, -0.2) is 0 Å². The average Bonchev–Trinajstić information content (AvgIpc) is 2.49. The second kappa shape index (κ2) is 4.06. The van der Waals surface area contributed by atoms with Gasteiger partial charge in [0.1, 0.15) is 0 Å². The lowest BCUT2D eigenvalue weighted by Gasteiger charge is -2.18. The van der Waals surface area contributed by atoms with E-state index in [1.165, 1.54) is 27.5 Å². The van der Waals surface area contributed by atoms with Crippen LogP contribution < -0.4 is 0 Å². The van der Waals surface area contributed by atoms with Crippen LogP contribution in [0.25, 0.3) is 16.3 Å². The standard InChI is InChI=1S/C18H13N/c1-2-12-19-17(9-1)15-11-10-14-6-3-5-13-7-4-8-16(15)18(13)14/h1-9,11-12H,10H2. The minimum atomic E-state index is 0.986. The summed E-state index contributed by atoms with van der Waals surface area (Å²) in [6.45, 7) is 0. The summed E-state index contributed by atoms with van der Waals surface area (Å²) in [5.41, 5.74) is 5.03. The maximum absolute atomic E-state index is 4.49. The second-order valence-corrected chi connectivity index (χ2v) is 4.86. The van der Waals surface area contributed by atoms with Crippen molar-refractivity contribution in [3.8, 4) is 0 Å². The van der Waals surface area contributed by atoms with Gasteiger partial charge < -0.3 is 0 Å². The van der Waals surface area contributed by atoms with Gasteiger partial charge in [-0.2, -0.15) is 0 Å². The van der Waals surface area contributed by atoms with Crippen molar-refractivity contribution < 1.29 is 0 Å². The third-order valence-electron chi connectivity index (χ3n) is 3.75. The van der Waals surface area contributed by atoms with Gasteiger partial charge in [0.05, 0.1) is 5.69 Å². The molecule has 0 fully saturated rings. The molecule has 0 saturated carbocycles. The Bertz CT molecular complexity index is 780. The zero-order valence-electron chi connectivity index (χ0n) is 10.5. The van der Waals surface area contributed by atoms with Gasteiger partial charge in [0.15, 0.2) is 0 Å². The largest absolute Gasteiger partial charge is 0.256 e. The molecular weight excluding hydrogens is 230 g/mol. The molecule has 1 nitrogen and oxygen atoms in total. The molecule has 0 aliphatic heterocycles. The molecule has 90 valence electrons. The first-order valence-corrected chi connectivity index (χ1v) is 6.56. The molecule has 2 aromatic carbocycles. The van der Waals surface area contributed by atoms with Crippen LogP contribution in [0.3, 0.4) is 0 Å². The number of benzene rings is 2. The molecule has 0 radical (unpaired) electrons. The summed E-state index contributed by atoms with van der Waals surface area (Å²) in [4.78, 5) is 4.49. The second-order valence-electron chi connectivity index (χ2n) is 4.86. The molecule has 19 heavy (non-hydrogen) atoms. The van der Waals surface area contributed by atoms with Crippen LogP contribution in [0.1, 0.15) is 16.8 Å².